The van der Waals surface area contributed by atoms with Crippen molar-refractivity contribution in [3.05, 3.63) is 47.4 Å². The molecule has 4 atom stereocenters. The van der Waals surface area contributed by atoms with Crippen LogP contribution in [0.4, 0.5) is 18.0 Å². The molecule has 1 aromatic carbocycles. The van der Waals surface area contributed by atoms with Gasteiger partial charge in [-0.1, -0.05) is 6.07 Å². The molecule has 11 heteroatoms. The minimum Gasteiger partial charge on any atom is -0.391 e. The number of hydrogen-bond donors (Lipinski definition) is 2. The van der Waals surface area contributed by atoms with Crippen molar-refractivity contribution in [3.63, 3.8) is 0 Å². The minimum atomic E-state index is -2.70. The van der Waals surface area contributed by atoms with E-state index in [9.17, 15) is 23.1 Å². The molecule has 2 unspecified atom stereocenters. The topological polar surface area (TPSA) is 83.8 Å². The standard InChI is InChI=1S/C23H27F3N6O2/c24-14-5-6-16(21(25)26)17(11-14)19-4-2-9-31(19)20-7-10-32-22(29-20)18(12-27-32)28-23(34)30-8-1-3-15(33)13-30/h5-7,10-12,15,18-19,21-22,33H,1-4,8-9,13H2,(H,28,34)/t15-,18?,19-,22?/m1/s1. The van der Waals surface area contributed by atoms with Crippen LogP contribution in [0.1, 0.15) is 49.3 Å². The molecule has 1 aromatic rings. The number of β-amino-alcohol motifs (C(OH)–C–C–N with tert-alkyl or cyclic N) is 1. The lowest BCUT2D eigenvalue weighted by atomic mass is 9.98. The summed E-state index contributed by atoms with van der Waals surface area (Å²) in [7, 11) is 0. The zero-order chi connectivity index (χ0) is 23.8. The first-order valence-electron chi connectivity index (χ1n) is 11.6. The molecule has 5 rings (SSSR count). The van der Waals surface area contributed by atoms with Crippen LogP contribution < -0.4 is 5.32 Å². The summed E-state index contributed by atoms with van der Waals surface area (Å²) in [5, 5.41) is 18.7. The molecule has 182 valence electrons. The molecule has 0 saturated carbocycles. The molecule has 0 radical (unpaired) electrons. The van der Waals surface area contributed by atoms with Crippen LogP contribution in [0.2, 0.25) is 0 Å². The molecule has 2 fully saturated rings. The van der Waals surface area contributed by atoms with Gasteiger partial charge in [-0.25, -0.2) is 28.0 Å². The highest BCUT2D eigenvalue weighted by Crippen LogP contribution is 2.38. The van der Waals surface area contributed by atoms with Crippen molar-refractivity contribution in [1.29, 1.82) is 0 Å². The number of aliphatic hydroxyl groups is 1. The predicted octanol–water partition coefficient (Wildman–Crippen LogP) is 2.99. The third-order valence-corrected chi connectivity index (χ3v) is 6.76. The molecule has 34 heavy (non-hydrogen) atoms. The van der Waals surface area contributed by atoms with Gasteiger partial charge in [-0.15, -0.1) is 0 Å². The molecule has 4 heterocycles. The van der Waals surface area contributed by atoms with Crippen LogP contribution in [-0.2, 0) is 0 Å². The largest absolute Gasteiger partial charge is 0.391 e. The first-order valence-corrected chi connectivity index (χ1v) is 11.6. The van der Waals surface area contributed by atoms with E-state index in [-0.39, 0.29) is 23.7 Å². The third kappa shape index (κ3) is 4.36. The highest BCUT2D eigenvalue weighted by atomic mass is 19.3. The Hall–Kier alpha value is -3.08. The van der Waals surface area contributed by atoms with E-state index in [0.717, 1.165) is 25.0 Å². The van der Waals surface area contributed by atoms with Crippen molar-refractivity contribution < 1.29 is 23.1 Å². The molecule has 0 bridgehead atoms. The number of amides is 2. The number of piperidine rings is 1. The number of likely N-dealkylation sites (tertiary alicyclic amines) is 2. The summed E-state index contributed by atoms with van der Waals surface area (Å²) < 4.78 is 41.2. The van der Waals surface area contributed by atoms with Crippen molar-refractivity contribution in [1.82, 2.24) is 20.1 Å². The van der Waals surface area contributed by atoms with E-state index in [1.54, 1.807) is 28.4 Å². The number of amidine groups is 1. The van der Waals surface area contributed by atoms with Gasteiger partial charge in [0.05, 0.1) is 18.4 Å². The number of benzene rings is 1. The maximum atomic E-state index is 14.0. The Bertz CT molecular complexity index is 1030. The van der Waals surface area contributed by atoms with Crippen LogP contribution in [0.5, 0.6) is 0 Å². The second-order valence-corrected chi connectivity index (χ2v) is 9.00. The van der Waals surface area contributed by atoms with Gasteiger partial charge in [-0.05, 0) is 49.5 Å². The fraction of sp³-hybridized carbons (Fsp3) is 0.522. The second kappa shape index (κ2) is 9.28. The Kier molecular flexibility index (Phi) is 6.20. The fourth-order valence-electron chi connectivity index (χ4n) is 5.10. The average Bonchev–Trinajstić information content (AvgIpc) is 3.46. The lowest BCUT2D eigenvalue weighted by Crippen LogP contribution is -2.53. The molecule has 0 aromatic heterocycles. The van der Waals surface area contributed by atoms with Gasteiger partial charge >= 0.3 is 6.03 Å². The Labute approximate surface area is 195 Å². The molecule has 0 aliphatic carbocycles. The van der Waals surface area contributed by atoms with E-state index in [1.165, 1.54) is 6.07 Å². The number of nitrogens with one attached hydrogen (secondary N) is 1. The summed E-state index contributed by atoms with van der Waals surface area (Å²) in [6, 6.07) is 2.21. The molecule has 8 nitrogen and oxygen atoms in total. The average molecular weight is 477 g/mol. The lowest BCUT2D eigenvalue weighted by Gasteiger charge is -2.34. The summed E-state index contributed by atoms with van der Waals surface area (Å²) in [5.74, 6) is 0.0414. The second-order valence-electron chi connectivity index (χ2n) is 9.00. The maximum absolute atomic E-state index is 14.0. The molecular formula is C23H27F3N6O2. The summed E-state index contributed by atoms with van der Waals surface area (Å²) in [6.45, 7) is 1.46. The summed E-state index contributed by atoms with van der Waals surface area (Å²) in [6.07, 6.45) is 4.18. The van der Waals surface area contributed by atoms with Gasteiger partial charge in [0.2, 0.25) is 0 Å². The molecular weight excluding hydrogens is 449 g/mol. The highest BCUT2D eigenvalue weighted by molar-refractivity contribution is 5.95. The molecule has 4 aliphatic heterocycles. The molecule has 2 N–H and O–H groups in total. The smallest absolute Gasteiger partial charge is 0.318 e. The third-order valence-electron chi connectivity index (χ3n) is 6.76. The van der Waals surface area contributed by atoms with E-state index >= 15 is 0 Å². The highest BCUT2D eigenvalue weighted by Gasteiger charge is 2.38. The van der Waals surface area contributed by atoms with Crippen molar-refractivity contribution in [2.45, 2.75) is 56.5 Å². The van der Waals surface area contributed by atoms with Crippen LogP contribution in [0.25, 0.3) is 0 Å². The number of rotatable bonds is 3. The number of alkyl halides is 2. The number of urea groups is 1. The number of aliphatic imine (C=N–C) groups is 1. The zero-order valence-electron chi connectivity index (χ0n) is 18.5. The van der Waals surface area contributed by atoms with E-state index < -0.39 is 36.6 Å². The van der Waals surface area contributed by atoms with Crippen molar-refractivity contribution in [2.24, 2.45) is 10.1 Å². The van der Waals surface area contributed by atoms with Crippen LogP contribution >= 0.6 is 0 Å². The number of nitrogens with zero attached hydrogens (tertiary/aromatic N) is 5. The van der Waals surface area contributed by atoms with E-state index in [0.29, 0.717) is 31.8 Å². The van der Waals surface area contributed by atoms with Crippen LogP contribution in [0.15, 0.2) is 40.6 Å². The number of hydrazone groups is 1. The number of hydrogen-bond acceptors (Lipinski definition) is 6. The normalized spacial score (nSPS) is 28.5. The molecule has 2 saturated heterocycles. The number of halogens is 3. The van der Waals surface area contributed by atoms with Gasteiger partial charge in [-0.2, -0.15) is 5.10 Å². The summed E-state index contributed by atoms with van der Waals surface area (Å²) in [5.41, 5.74) is 0.112. The molecule has 2 amide bonds. The number of fused-ring (bicyclic) bond motifs is 1. The van der Waals surface area contributed by atoms with Gasteiger partial charge < -0.3 is 20.2 Å². The number of carbonyl (C=O) groups is 1. The maximum Gasteiger partial charge on any atom is 0.318 e. The quantitative estimate of drug-likeness (QED) is 0.703. The molecule has 4 aliphatic rings. The van der Waals surface area contributed by atoms with Crippen molar-refractivity contribution >= 4 is 18.1 Å². The Balaban J connectivity index is 1.34. The van der Waals surface area contributed by atoms with Gasteiger partial charge in [0.25, 0.3) is 6.43 Å². The van der Waals surface area contributed by atoms with Gasteiger partial charge in [0, 0.05) is 31.4 Å². The van der Waals surface area contributed by atoms with Crippen molar-refractivity contribution in [3.8, 4) is 0 Å². The minimum absolute atomic E-state index is 0.168. The number of aliphatic hydroxyl groups excluding tert-OH is 1. The Morgan fingerprint density at radius 2 is 2.03 bits per heavy atom. The van der Waals surface area contributed by atoms with E-state index in [1.807, 2.05) is 4.90 Å². The van der Waals surface area contributed by atoms with Gasteiger partial charge in [0.1, 0.15) is 17.7 Å². The zero-order valence-corrected chi connectivity index (χ0v) is 18.5. The Morgan fingerprint density at radius 1 is 1.21 bits per heavy atom. The van der Waals surface area contributed by atoms with Gasteiger partial charge in [0.15, 0.2) is 6.17 Å². The molecule has 0 spiro atoms. The van der Waals surface area contributed by atoms with Crippen molar-refractivity contribution in [2.75, 3.05) is 19.6 Å². The lowest BCUT2D eigenvalue weighted by molar-refractivity contribution is 0.0833. The Morgan fingerprint density at radius 3 is 2.82 bits per heavy atom. The van der Waals surface area contributed by atoms with Crippen LogP contribution in [0, 0.1) is 5.82 Å². The van der Waals surface area contributed by atoms with Crippen LogP contribution in [-0.4, -0.2) is 75.9 Å². The first kappa shape index (κ1) is 22.7. The van der Waals surface area contributed by atoms with Gasteiger partial charge in [-0.3, -0.25) is 0 Å². The predicted molar refractivity (Wildman–Crippen MR) is 120 cm³/mol. The SMILES string of the molecule is O=C(NC1C=NN2C=CC(N3CCC[C@@H]3c3cc(F)ccc3C(F)F)=NC12)N1CCC[C@@H](O)C1. The van der Waals surface area contributed by atoms with Crippen LogP contribution in [0.3, 0.4) is 0 Å². The summed E-state index contributed by atoms with van der Waals surface area (Å²) in [4.78, 5) is 21.0. The monoisotopic (exact) mass is 476 g/mol. The first-order chi connectivity index (χ1) is 16.4. The van der Waals surface area contributed by atoms with E-state index in [2.05, 4.69) is 10.4 Å². The summed E-state index contributed by atoms with van der Waals surface area (Å²) >= 11 is 0. The number of carbonyl (C=O) groups excluding carboxylic acids is 1. The fourth-order valence-corrected chi connectivity index (χ4v) is 5.10. The van der Waals surface area contributed by atoms with E-state index in [4.69, 9.17) is 4.99 Å².